The summed E-state index contributed by atoms with van der Waals surface area (Å²) in [5, 5.41) is 0. The van der Waals surface area contributed by atoms with Gasteiger partial charge in [-0.05, 0) is 51.1 Å². The van der Waals surface area contributed by atoms with Gasteiger partial charge in [0.25, 0.3) is 0 Å². The van der Waals surface area contributed by atoms with Gasteiger partial charge in [-0.25, -0.2) is 8.42 Å². The molecule has 0 aliphatic carbocycles. The molecule has 0 unspecified atom stereocenters. The van der Waals surface area contributed by atoms with Gasteiger partial charge in [0.15, 0.2) is 0 Å². The highest BCUT2D eigenvalue weighted by Crippen LogP contribution is 2.31. The fourth-order valence-electron chi connectivity index (χ4n) is 3.00. The molecular formula is C21H27F3N2O5S. The molecule has 1 heterocycles. The molecule has 7 nitrogen and oxygen atoms in total. The maximum atomic E-state index is 13.1. The fourth-order valence-corrected chi connectivity index (χ4v) is 4.63. The Balaban J connectivity index is 2.31. The number of alkyl halides is 3. The lowest BCUT2D eigenvalue weighted by atomic mass is 10.2. The van der Waals surface area contributed by atoms with Crippen molar-refractivity contribution in [3.8, 4) is 0 Å². The first-order chi connectivity index (χ1) is 14.9. The maximum absolute atomic E-state index is 13.1. The minimum absolute atomic E-state index is 0.103. The van der Waals surface area contributed by atoms with Crippen molar-refractivity contribution in [2.75, 3.05) is 26.8 Å². The molecule has 0 radical (unpaired) electrons. The van der Waals surface area contributed by atoms with E-state index in [1.807, 2.05) is 0 Å². The van der Waals surface area contributed by atoms with E-state index in [0.717, 1.165) is 22.5 Å². The molecule has 0 N–H and O–H groups in total. The smallest absolute Gasteiger partial charge is 0.416 e. The number of ether oxygens (including phenoxy) is 1. The quantitative estimate of drug-likeness (QED) is 0.523. The van der Waals surface area contributed by atoms with Gasteiger partial charge in [-0.1, -0.05) is 6.07 Å². The van der Waals surface area contributed by atoms with Crippen LogP contribution in [0.5, 0.6) is 0 Å². The predicted molar refractivity (Wildman–Crippen MR) is 111 cm³/mol. The third-order valence-corrected chi connectivity index (χ3v) is 6.71. The number of hydrogen-bond donors (Lipinski definition) is 0. The van der Waals surface area contributed by atoms with Crippen LogP contribution in [0.25, 0.3) is 0 Å². The molecule has 0 fully saturated rings. The Hall–Kier alpha value is -2.37. The van der Waals surface area contributed by atoms with E-state index in [1.54, 1.807) is 32.9 Å². The highest BCUT2D eigenvalue weighted by atomic mass is 32.2. The second-order valence-electron chi connectivity index (χ2n) is 7.49. The number of carbonyl (C=O) groups is 1. The summed E-state index contributed by atoms with van der Waals surface area (Å²) < 4.78 is 76.9. The summed E-state index contributed by atoms with van der Waals surface area (Å²) in [5.74, 6) is 0.652. The number of sulfonamides is 1. The van der Waals surface area contributed by atoms with E-state index < -0.39 is 45.2 Å². The standard InChI is InChI=1S/C21H27F3N2O5S/c1-15(2)26(32(28,29)19-7-5-6-17(12-19)21(22,23)24)14-20(27)25(10-11-30-4)13-18-9-8-16(3)31-18/h5-9,12,15H,10-11,13-14H2,1-4H3. The van der Waals surface area contributed by atoms with Crippen molar-refractivity contribution in [1.29, 1.82) is 0 Å². The Labute approximate surface area is 185 Å². The molecule has 0 atom stereocenters. The molecule has 0 saturated carbocycles. The first-order valence-corrected chi connectivity index (χ1v) is 11.3. The van der Waals surface area contributed by atoms with Crippen LogP contribution < -0.4 is 0 Å². The lowest BCUT2D eigenvalue weighted by Crippen LogP contribution is -2.46. The summed E-state index contributed by atoms with van der Waals surface area (Å²) in [6.45, 7) is 4.82. The van der Waals surface area contributed by atoms with Crippen molar-refractivity contribution in [1.82, 2.24) is 9.21 Å². The number of aryl methyl sites for hydroxylation is 1. The molecule has 32 heavy (non-hydrogen) atoms. The van der Waals surface area contributed by atoms with E-state index >= 15 is 0 Å². The van der Waals surface area contributed by atoms with Crippen LogP contribution in [0.4, 0.5) is 13.2 Å². The van der Waals surface area contributed by atoms with Gasteiger partial charge in [0.05, 0.1) is 30.2 Å². The zero-order chi connectivity index (χ0) is 24.1. The van der Waals surface area contributed by atoms with Gasteiger partial charge >= 0.3 is 6.18 Å². The Morgan fingerprint density at radius 3 is 2.41 bits per heavy atom. The molecule has 0 saturated heterocycles. The first kappa shape index (κ1) is 25.9. The molecule has 2 rings (SSSR count). The second kappa shape index (κ2) is 10.5. The summed E-state index contributed by atoms with van der Waals surface area (Å²) in [4.78, 5) is 13.9. The number of amides is 1. The monoisotopic (exact) mass is 476 g/mol. The first-order valence-electron chi connectivity index (χ1n) is 9.87. The second-order valence-corrected chi connectivity index (χ2v) is 9.38. The highest BCUT2D eigenvalue weighted by Gasteiger charge is 2.35. The number of rotatable bonds is 10. The minimum Gasteiger partial charge on any atom is -0.464 e. The van der Waals surface area contributed by atoms with Crippen LogP contribution in [0, 0.1) is 6.92 Å². The van der Waals surface area contributed by atoms with Crippen LogP contribution in [0.2, 0.25) is 0 Å². The van der Waals surface area contributed by atoms with Gasteiger partial charge in [-0.3, -0.25) is 4.79 Å². The predicted octanol–water partition coefficient (Wildman–Crippen LogP) is 3.68. The molecule has 0 aliphatic heterocycles. The molecule has 2 aromatic rings. The summed E-state index contributed by atoms with van der Waals surface area (Å²) in [6.07, 6.45) is -4.69. The molecule has 0 aliphatic rings. The zero-order valence-corrected chi connectivity index (χ0v) is 19.2. The Morgan fingerprint density at radius 1 is 1.19 bits per heavy atom. The van der Waals surface area contributed by atoms with Gasteiger partial charge in [-0.15, -0.1) is 0 Å². The van der Waals surface area contributed by atoms with Gasteiger partial charge < -0.3 is 14.1 Å². The number of furan rings is 1. The van der Waals surface area contributed by atoms with Crippen LogP contribution in [0.1, 0.15) is 30.9 Å². The molecule has 1 amide bonds. The van der Waals surface area contributed by atoms with Crippen molar-refractivity contribution < 1.29 is 35.5 Å². The molecule has 1 aromatic heterocycles. The summed E-state index contributed by atoms with van der Waals surface area (Å²) in [7, 11) is -2.90. The molecule has 0 bridgehead atoms. The van der Waals surface area contributed by atoms with Crippen LogP contribution in [0.15, 0.2) is 45.7 Å². The van der Waals surface area contributed by atoms with Crippen LogP contribution >= 0.6 is 0 Å². The third-order valence-electron chi connectivity index (χ3n) is 4.70. The normalized spacial score (nSPS) is 12.5. The number of benzene rings is 1. The average Bonchev–Trinajstić information content (AvgIpc) is 3.12. The average molecular weight is 477 g/mol. The van der Waals surface area contributed by atoms with Crippen molar-refractivity contribution in [3.05, 3.63) is 53.5 Å². The van der Waals surface area contributed by atoms with Crippen LogP contribution in [-0.2, 0) is 32.3 Å². The Kier molecular flexibility index (Phi) is 8.49. The number of halogens is 3. The van der Waals surface area contributed by atoms with Gasteiger partial charge in [0.1, 0.15) is 11.5 Å². The third kappa shape index (κ3) is 6.57. The SMILES string of the molecule is COCCN(Cc1ccc(C)o1)C(=O)CN(C(C)C)S(=O)(=O)c1cccc(C(F)(F)F)c1. The molecule has 1 aromatic carbocycles. The lowest BCUT2D eigenvalue weighted by molar-refractivity contribution is -0.137. The van der Waals surface area contributed by atoms with Gasteiger partial charge in [-0.2, -0.15) is 17.5 Å². The minimum atomic E-state index is -4.69. The maximum Gasteiger partial charge on any atom is 0.416 e. The van der Waals surface area contributed by atoms with E-state index in [-0.39, 0.29) is 19.7 Å². The zero-order valence-electron chi connectivity index (χ0n) is 18.3. The number of carbonyl (C=O) groups excluding carboxylic acids is 1. The van der Waals surface area contributed by atoms with Crippen molar-refractivity contribution in [2.45, 2.75) is 44.4 Å². The van der Waals surface area contributed by atoms with Crippen LogP contribution in [0.3, 0.4) is 0 Å². The van der Waals surface area contributed by atoms with Gasteiger partial charge in [0, 0.05) is 19.7 Å². The largest absolute Gasteiger partial charge is 0.464 e. The number of nitrogens with zero attached hydrogens (tertiary/aromatic N) is 2. The molecule has 11 heteroatoms. The summed E-state index contributed by atoms with van der Waals surface area (Å²) in [6, 6.07) is 6.26. The summed E-state index contributed by atoms with van der Waals surface area (Å²) >= 11 is 0. The van der Waals surface area contributed by atoms with E-state index in [9.17, 15) is 26.4 Å². The molecule has 178 valence electrons. The van der Waals surface area contributed by atoms with Crippen LogP contribution in [-0.4, -0.2) is 56.4 Å². The van der Waals surface area contributed by atoms with Gasteiger partial charge in [0.2, 0.25) is 15.9 Å². The summed E-state index contributed by atoms with van der Waals surface area (Å²) in [5.41, 5.74) is -1.08. The van der Waals surface area contributed by atoms with E-state index in [2.05, 4.69) is 0 Å². The number of methoxy groups -OCH3 is 1. The number of hydrogen-bond acceptors (Lipinski definition) is 5. The van der Waals surface area contributed by atoms with Crippen molar-refractivity contribution in [2.24, 2.45) is 0 Å². The molecule has 0 spiro atoms. The van der Waals surface area contributed by atoms with Crippen molar-refractivity contribution in [3.63, 3.8) is 0 Å². The lowest BCUT2D eigenvalue weighted by Gasteiger charge is -2.29. The molecular weight excluding hydrogens is 449 g/mol. The highest BCUT2D eigenvalue weighted by molar-refractivity contribution is 7.89. The Bertz CT molecular complexity index is 1020. The van der Waals surface area contributed by atoms with E-state index in [4.69, 9.17) is 9.15 Å². The van der Waals surface area contributed by atoms with E-state index in [1.165, 1.54) is 12.0 Å². The Morgan fingerprint density at radius 2 is 1.88 bits per heavy atom. The fraction of sp³-hybridized carbons (Fsp3) is 0.476. The van der Waals surface area contributed by atoms with Crippen molar-refractivity contribution >= 4 is 15.9 Å². The topological polar surface area (TPSA) is 80.1 Å². The van der Waals surface area contributed by atoms with E-state index in [0.29, 0.717) is 17.6 Å².